The maximum Gasteiger partial charge on any atom is 0.0357 e. The molecule has 0 radical (unpaired) electrons. The highest BCUT2D eigenvalue weighted by Gasteiger charge is 2.44. The number of hydrogen-bond acceptors (Lipinski definition) is 1. The minimum atomic E-state index is 0.618. The average molecular weight is 192 g/mol. The third-order valence-electron chi connectivity index (χ3n) is 3.57. The van der Waals surface area contributed by atoms with E-state index >= 15 is 0 Å². The van der Waals surface area contributed by atoms with Crippen LogP contribution in [0.2, 0.25) is 0 Å². The molecule has 2 nitrogen and oxygen atoms in total. The number of rotatable bonds is 5. The smallest absolute Gasteiger partial charge is 0.0357 e. The van der Waals surface area contributed by atoms with E-state index < -0.39 is 0 Å². The van der Waals surface area contributed by atoms with Gasteiger partial charge >= 0.3 is 0 Å². The van der Waals surface area contributed by atoms with Crippen molar-refractivity contribution in [2.45, 2.75) is 33.2 Å². The third kappa shape index (κ3) is 2.01. The van der Waals surface area contributed by atoms with Gasteiger partial charge in [0.1, 0.15) is 0 Å². The Labute approximate surface area is 86.1 Å². The molecule has 0 amide bonds. The molecule has 2 heteroatoms. The van der Waals surface area contributed by atoms with E-state index in [9.17, 15) is 0 Å². The summed E-state index contributed by atoms with van der Waals surface area (Å²) >= 11 is 0. The summed E-state index contributed by atoms with van der Waals surface area (Å²) in [7, 11) is 0. The third-order valence-corrected chi connectivity index (χ3v) is 3.57. The zero-order valence-electron chi connectivity index (χ0n) is 9.14. The molecule has 0 bridgehead atoms. The summed E-state index contributed by atoms with van der Waals surface area (Å²) in [4.78, 5) is 3.21. The average Bonchev–Trinajstić information content (AvgIpc) is 2.76. The SMILES string of the molecule is CC(C)C1(CNCc2ccc[nH]2)CC1. The summed E-state index contributed by atoms with van der Waals surface area (Å²) in [6, 6.07) is 4.17. The van der Waals surface area contributed by atoms with Gasteiger partial charge in [-0.3, -0.25) is 0 Å². The van der Waals surface area contributed by atoms with Gasteiger partial charge in [0, 0.05) is 25.0 Å². The lowest BCUT2D eigenvalue weighted by atomic mass is 9.92. The van der Waals surface area contributed by atoms with E-state index in [-0.39, 0.29) is 0 Å². The zero-order chi connectivity index (χ0) is 10.0. The van der Waals surface area contributed by atoms with Crippen molar-refractivity contribution in [3.8, 4) is 0 Å². The molecule has 1 aromatic rings. The zero-order valence-corrected chi connectivity index (χ0v) is 9.14. The lowest BCUT2D eigenvalue weighted by Gasteiger charge is -2.19. The molecule has 1 aliphatic rings. The molecular weight excluding hydrogens is 172 g/mol. The van der Waals surface area contributed by atoms with Crippen LogP contribution in [0.4, 0.5) is 0 Å². The predicted octanol–water partition coefficient (Wildman–Crippen LogP) is 2.54. The van der Waals surface area contributed by atoms with Gasteiger partial charge in [0.05, 0.1) is 0 Å². The topological polar surface area (TPSA) is 27.8 Å². The van der Waals surface area contributed by atoms with Crippen molar-refractivity contribution in [3.63, 3.8) is 0 Å². The van der Waals surface area contributed by atoms with Crippen LogP contribution in [0.3, 0.4) is 0 Å². The quantitative estimate of drug-likeness (QED) is 0.737. The van der Waals surface area contributed by atoms with Crippen LogP contribution in [0, 0.1) is 11.3 Å². The van der Waals surface area contributed by atoms with Crippen molar-refractivity contribution in [2.24, 2.45) is 11.3 Å². The number of H-pyrrole nitrogens is 1. The predicted molar refractivity (Wildman–Crippen MR) is 59.0 cm³/mol. The molecule has 2 N–H and O–H groups in total. The lowest BCUT2D eigenvalue weighted by molar-refractivity contribution is 0.337. The van der Waals surface area contributed by atoms with E-state index in [1.165, 1.54) is 25.1 Å². The highest BCUT2D eigenvalue weighted by Crippen LogP contribution is 2.51. The Kier molecular flexibility index (Phi) is 2.64. The van der Waals surface area contributed by atoms with Crippen LogP contribution in [-0.4, -0.2) is 11.5 Å². The van der Waals surface area contributed by atoms with Crippen molar-refractivity contribution in [3.05, 3.63) is 24.0 Å². The van der Waals surface area contributed by atoms with Gasteiger partial charge in [-0.25, -0.2) is 0 Å². The first-order chi connectivity index (χ1) is 6.73. The van der Waals surface area contributed by atoms with Crippen molar-refractivity contribution >= 4 is 0 Å². The minimum absolute atomic E-state index is 0.618. The van der Waals surface area contributed by atoms with Gasteiger partial charge in [0.25, 0.3) is 0 Å². The molecule has 1 fully saturated rings. The summed E-state index contributed by atoms with van der Waals surface area (Å²) in [6.45, 7) is 6.82. The van der Waals surface area contributed by atoms with Gasteiger partial charge in [-0.2, -0.15) is 0 Å². The first-order valence-electron chi connectivity index (χ1n) is 5.56. The fourth-order valence-electron chi connectivity index (χ4n) is 2.04. The molecule has 78 valence electrons. The number of aromatic amines is 1. The summed E-state index contributed by atoms with van der Waals surface area (Å²) in [5.41, 5.74) is 1.90. The second-order valence-corrected chi connectivity index (χ2v) is 4.82. The molecule has 1 saturated carbocycles. The first kappa shape index (κ1) is 9.78. The maximum absolute atomic E-state index is 3.54. The van der Waals surface area contributed by atoms with Crippen LogP contribution >= 0.6 is 0 Å². The highest BCUT2D eigenvalue weighted by atomic mass is 14.9. The minimum Gasteiger partial charge on any atom is -0.364 e. The molecule has 0 aromatic carbocycles. The molecular formula is C12H20N2. The molecule has 1 heterocycles. The maximum atomic E-state index is 3.54. The van der Waals surface area contributed by atoms with E-state index in [1.54, 1.807) is 0 Å². The van der Waals surface area contributed by atoms with Crippen molar-refractivity contribution in [1.82, 2.24) is 10.3 Å². The molecule has 0 unspecified atom stereocenters. The standard InChI is InChI=1S/C12H20N2/c1-10(2)12(5-6-12)9-13-8-11-4-3-7-14-11/h3-4,7,10,13-14H,5-6,8-9H2,1-2H3. The Bertz CT molecular complexity index is 271. The van der Waals surface area contributed by atoms with E-state index in [4.69, 9.17) is 0 Å². The largest absolute Gasteiger partial charge is 0.364 e. The van der Waals surface area contributed by atoms with Gasteiger partial charge in [-0.05, 0) is 36.3 Å². The Hall–Kier alpha value is -0.760. The molecule has 1 aliphatic carbocycles. The first-order valence-corrected chi connectivity index (χ1v) is 5.56. The summed E-state index contributed by atoms with van der Waals surface area (Å²) < 4.78 is 0. The van der Waals surface area contributed by atoms with Gasteiger partial charge in [0.15, 0.2) is 0 Å². The normalized spacial score (nSPS) is 18.8. The highest BCUT2D eigenvalue weighted by molar-refractivity contribution is 5.04. The number of nitrogens with one attached hydrogen (secondary N) is 2. The molecule has 0 atom stereocenters. The van der Waals surface area contributed by atoms with Crippen LogP contribution in [0.15, 0.2) is 18.3 Å². The summed E-state index contributed by atoms with van der Waals surface area (Å²) in [5.74, 6) is 0.818. The number of aromatic nitrogens is 1. The van der Waals surface area contributed by atoms with Gasteiger partial charge in [-0.1, -0.05) is 13.8 Å². The van der Waals surface area contributed by atoms with E-state index in [0.29, 0.717) is 5.41 Å². The van der Waals surface area contributed by atoms with Crippen LogP contribution in [0.25, 0.3) is 0 Å². The molecule has 1 aromatic heterocycles. The molecule has 2 rings (SSSR count). The summed E-state index contributed by atoms with van der Waals surface area (Å²) in [6.07, 6.45) is 4.79. The van der Waals surface area contributed by atoms with Crippen LogP contribution in [-0.2, 0) is 6.54 Å². The second-order valence-electron chi connectivity index (χ2n) is 4.82. The molecule has 14 heavy (non-hydrogen) atoms. The Morgan fingerprint density at radius 3 is 2.79 bits per heavy atom. The van der Waals surface area contributed by atoms with E-state index in [2.05, 4.69) is 30.2 Å². The van der Waals surface area contributed by atoms with Gasteiger partial charge < -0.3 is 10.3 Å². The molecule has 0 aliphatic heterocycles. The second kappa shape index (κ2) is 3.77. The molecule has 0 spiro atoms. The van der Waals surface area contributed by atoms with E-state index in [0.717, 1.165) is 12.5 Å². The Morgan fingerprint density at radius 2 is 2.29 bits per heavy atom. The van der Waals surface area contributed by atoms with Crippen LogP contribution in [0.1, 0.15) is 32.4 Å². The van der Waals surface area contributed by atoms with Crippen molar-refractivity contribution in [2.75, 3.05) is 6.54 Å². The molecule has 0 saturated heterocycles. The lowest BCUT2D eigenvalue weighted by Crippen LogP contribution is -2.27. The summed E-state index contributed by atoms with van der Waals surface area (Å²) in [5, 5.41) is 3.54. The van der Waals surface area contributed by atoms with Crippen molar-refractivity contribution < 1.29 is 0 Å². The fourth-order valence-corrected chi connectivity index (χ4v) is 2.04. The van der Waals surface area contributed by atoms with Crippen molar-refractivity contribution in [1.29, 1.82) is 0 Å². The Morgan fingerprint density at radius 1 is 1.50 bits per heavy atom. The fraction of sp³-hybridized carbons (Fsp3) is 0.667. The Balaban J connectivity index is 1.73. The van der Waals surface area contributed by atoms with Gasteiger partial charge in [0.2, 0.25) is 0 Å². The van der Waals surface area contributed by atoms with E-state index in [1.807, 2.05) is 12.3 Å². The number of hydrogen-bond donors (Lipinski definition) is 2. The monoisotopic (exact) mass is 192 g/mol. The van der Waals surface area contributed by atoms with Crippen LogP contribution < -0.4 is 5.32 Å². The van der Waals surface area contributed by atoms with Gasteiger partial charge in [-0.15, -0.1) is 0 Å². The van der Waals surface area contributed by atoms with Crippen LogP contribution in [0.5, 0.6) is 0 Å².